The van der Waals surface area contributed by atoms with Gasteiger partial charge in [-0.05, 0) is 18.1 Å². The summed E-state index contributed by atoms with van der Waals surface area (Å²) in [7, 11) is 1.65. The molecule has 1 aromatic rings. The molecule has 0 radical (unpaired) electrons. The predicted molar refractivity (Wildman–Crippen MR) is 73.5 cm³/mol. The number of benzene rings is 1. The number of nitrogens with two attached hydrogens (primary N) is 1. The number of ether oxygens (including phenoxy) is 2. The second kappa shape index (κ2) is 7.75. The van der Waals surface area contributed by atoms with Gasteiger partial charge in [-0.25, -0.2) is 0 Å². The molecule has 0 aliphatic heterocycles. The summed E-state index contributed by atoms with van der Waals surface area (Å²) in [4.78, 5) is 0. The van der Waals surface area contributed by atoms with Crippen LogP contribution in [-0.2, 0) is 4.74 Å². The van der Waals surface area contributed by atoms with E-state index in [9.17, 15) is 0 Å². The third kappa shape index (κ3) is 4.79. The summed E-state index contributed by atoms with van der Waals surface area (Å²) < 4.78 is 10.6. The zero-order valence-electron chi connectivity index (χ0n) is 11.3. The van der Waals surface area contributed by atoms with Gasteiger partial charge in [0.05, 0.1) is 18.2 Å². The van der Waals surface area contributed by atoms with Crippen LogP contribution in [0.3, 0.4) is 0 Å². The van der Waals surface area contributed by atoms with E-state index in [1.165, 1.54) is 0 Å². The molecule has 1 rings (SSSR count). The fourth-order valence-corrected chi connectivity index (χ4v) is 1.26. The van der Waals surface area contributed by atoms with Crippen molar-refractivity contribution >= 4 is 0 Å². The Labute approximate surface area is 109 Å². The number of methoxy groups -OCH3 is 1. The average Bonchev–Trinajstić information content (AvgIpc) is 2.37. The van der Waals surface area contributed by atoms with Crippen LogP contribution in [-0.4, -0.2) is 26.4 Å². The zero-order chi connectivity index (χ0) is 13.4. The molecule has 0 saturated heterocycles. The summed E-state index contributed by atoms with van der Waals surface area (Å²) in [5, 5.41) is 0. The Kier molecular flexibility index (Phi) is 6.27. The molecule has 98 valence electrons. The maximum Gasteiger partial charge on any atom is 0.135 e. The lowest BCUT2D eigenvalue weighted by Crippen LogP contribution is -2.23. The van der Waals surface area contributed by atoms with Crippen LogP contribution in [0.4, 0.5) is 0 Å². The van der Waals surface area contributed by atoms with E-state index in [4.69, 9.17) is 15.2 Å². The SMILES string of the molecule is COCCOc1ccccc1C#CC(N)C(C)C. The Bertz CT molecular complexity index is 418. The van der Waals surface area contributed by atoms with Crippen LogP contribution >= 0.6 is 0 Å². The van der Waals surface area contributed by atoms with E-state index in [2.05, 4.69) is 25.7 Å². The molecule has 1 aromatic carbocycles. The maximum absolute atomic E-state index is 5.90. The van der Waals surface area contributed by atoms with Gasteiger partial charge in [0, 0.05) is 7.11 Å². The third-order valence-electron chi connectivity index (χ3n) is 2.52. The highest BCUT2D eigenvalue weighted by atomic mass is 16.5. The van der Waals surface area contributed by atoms with Crippen molar-refractivity contribution in [3.63, 3.8) is 0 Å². The zero-order valence-corrected chi connectivity index (χ0v) is 11.3. The lowest BCUT2D eigenvalue weighted by atomic mass is 10.1. The summed E-state index contributed by atoms with van der Waals surface area (Å²) in [6.45, 7) is 5.19. The summed E-state index contributed by atoms with van der Waals surface area (Å²) >= 11 is 0. The quantitative estimate of drug-likeness (QED) is 0.639. The highest BCUT2D eigenvalue weighted by molar-refractivity contribution is 5.46. The van der Waals surface area contributed by atoms with Gasteiger partial charge in [0.15, 0.2) is 0 Å². The molecule has 0 fully saturated rings. The minimum absolute atomic E-state index is 0.114. The smallest absolute Gasteiger partial charge is 0.135 e. The maximum atomic E-state index is 5.90. The molecule has 2 N–H and O–H groups in total. The first-order valence-corrected chi connectivity index (χ1v) is 6.13. The Morgan fingerprint density at radius 3 is 2.61 bits per heavy atom. The van der Waals surface area contributed by atoms with Crippen molar-refractivity contribution in [3.8, 4) is 17.6 Å². The summed E-state index contributed by atoms with van der Waals surface area (Å²) in [6, 6.07) is 7.59. The monoisotopic (exact) mass is 247 g/mol. The molecule has 0 aromatic heterocycles. The van der Waals surface area contributed by atoms with E-state index in [1.54, 1.807) is 7.11 Å². The van der Waals surface area contributed by atoms with E-state index in [1.807, 2.05) is 24.3 Å². The van der Waals surface area contributed by atoms with Gasteiger partial charge >= 0.3 is 0 Å². The first kappa shape index (κ1) is 14.6. The van der Waals surface area contributed by atoms with Gasteiger partial charge in [-0.15, -0.1) is 0 Å². The molecule has 0 spiro atoms. The first-order chi connectivity index (χ1) is 8.65. The second-order valence-electron chi connectivity index (χ2n) is 4.38. The fourth-order valence-electron chi connectivity index (χ4n) is 1.26. The van der Waals surface area contributed by atoms with Crippen molar-refractivity contribution < 1.29 is 9.47 Å². The molecule has 0 heterocycles. The molecule has 1 atom stereocenters. The van der Waals surface area contributed by atoms with E-state index in [0.717, 1.165) is 11.3 Å². The third-order valence-corrected chi connectivity index (χ3v) is 2.52. The van der Waals surface area contributed by atoms with Crippen LogP contribution in [0.25, 0.3) is 0 Å². The average molecular weight is 247 g/mol. The normalized spacial score (nSPS) is 11.8. The van der Waals surface area contributed by atoms with Crippen molar-refractivity contribution in [2.75, 3.05) is 20.3 Å². The number of hydrogen-bond acceptors (Lipinski definition) is 3. The highest BCUT2D eigenvalue weighted by Gasteiger charge is 2.03. The Hall–Kier alpha value is -1.50. The standard InChI is InChI=1S/C15H21NO2/c1-12(2)14(16)9-8-13-6-4-5-7-15(13)18-11-10-17-3/h4-7,12,14H,10-11,16H2,1-3H3. The van der Waals surface area contributed by atoms with Crippen LogP contribution in [0.2, 0.25) is 0 Å². The lowest BCUT2D eigenvalue weighted by molar-refractivity contribution is 0.146. The van der Waals surface area contributed by atoms with Crippen molar-refractivity contribution in [3.05, 3.63) is 29.8 Å². The van der Waals surface area contributed by atoms with Gasteiger partial charge in [-0.3, -0.25) is 0 Å². The van der Waals surface area contributed by atoms with Gasteiger partial charge in [-0.1, -0.05) is 37.8 Å². The lowest BCUT2D eigenvalue weighted by Gasteiger charge is -2.09. The second-order valence-corrected chi connectivity index (χ2v) is 4.38. The van der Waals surface area contributed by atoms with Crippen LogP contribution in [0.5, 0.6) is 5.75 Å². The number of hydrogen-bond donors (Lipinski definition) is 1. The van der Waals surface area contributed by atoms with Crippen molar-refractivity contribution in [2.45, 2.75) is 19.9 Å². The van der Waals surface area contributed by atoms with Crippen LogP contribution < -0.4 is 10.5 Å². The molecule has 3 heteroatoms. The molecule has 18 heavy (non-hydrogen) atoms. The first-order valence-electron chi connectivity index (χ1n) is 6.13. The van der Waals surface area contributed by atoms with E-state index >= 15 is 0 Å². The topological polar surface area (TPSA) is 44.5 Å². The Balaban J connectivity index is 2.75. The minimum Gasteiger partial charge on any atom is -0.490 e. The van der Waals surface area contributed by atoms with E-state index < -0.39 is 0 Å². The highest BCUT2D eigenvalue weighted by Crippen LogP contribution is 2.16. The van der Waals surface area contributed by atoms with Gasteiger partial charge in [-0.2, -0.15) is 0 Å². The number of rotatable bonds is 5. The number of para-hydroxylation sites is 1. The van der Waals surface area contributed by atoms with Crippen LogP contribution in [0.1, 0.15) is 19.4 Å². The molecular weight excluding hydrogens is 226 g/mol. The van der Waals surface area contributed by atoms with Crippen LogP contribution in [0.15, 0.2) is 24.3 Å². The Morgan fingerprint density at radius 1 is 1.22 bits per heavy atom. The van der Waals surface area contributed by atoms with E-state index in [-0.39, 0.29) is 6.04 Å². The van der Waals surface area contributed by atoms with Crippen molar-refractivity contribution in [1.82, 2.24) is 0 Å². The van der Waals surface area contributed by atoms with Crippen molar-refractivity contribution in [2.24, 2.45) is 11.7 Å². The van der Waals surface area contributed by atoms with Gasteiger partial charge in [0.1, 0.15) is 12.4 Å². The predicted octanol–water partition coefficient (Wildman–Crippen LogP) is 2.05. The molecule has 1 unspecified atom stereocenters. The largest absolute Gasteiger partial charge is 0.490 e. The summed E-state index contributed by atoms with van der Waals surface area (Å²) in [5.74, 6) is 7.25. The summed E-state index contributed by atoms with van der Waals surface area (Å²) in [6.07, 6.45) is 0. The fraction of sp³-hybridized carbons (Fsp3) is 0.467. The van der Waals surface area contributed by atoms with Crippen LogP contribution in [0, 0.1) is 17.8 Å². The summed E-state index contributed by atoms with van der Waals surface area (Å²) in [5.41, 5.74) is 6.77. The van der Waals surface area contributed by atoms with E-state index in [0.29, 0.717) is 19.1 Å². The van der Waals surface area contributed by atoms with Crippen molar-refractivity contribution in [1.29, 1.82) is 0 Å². The Morgan fingerprint density at radius 2 is 1.94 bits per heavy atom. The van der Waals surface area contributed by atoms with Gasteiger partial charge in [0.2, 0.25) is 0 Å². The minimum atomic E-state index is -0.114. The molecular formula is C15H21NO2. The molecule has 0 saturated carbocycles. The molecule has 3 nitrogen and oxygen atoms in total. The van der Waals surface area contributed by atoms with Gasteiger partial charge < -0.3 is 15.2 Å². The van der Waals surface area contributed by atoms with Gasteiger partial charge in [0.25, 0.3) is 0 Å². The molecule has 0 amide bonds. The molecule has 0 aliphatic carbocycles. The molecule has 0 bridgehead atoms. The molecule has 0 aliphatic rings.